The van der Waals surface area contributed by atoms with Gasteiger partial charge in [0.25, 0.3) is 6.41 Å². The molecule has 1 aromatic heterocycles. The Morgan fingerprint density at radius 3 is 2.75 bits per heavy atom. The fourth-order valence-electron chi connectivity index (χ4n) is 1.63. The van der Waals surface area contributed by atoms with Gasteiger partial charge in [-0.25, -0.2) is 4.79 Å². The molecule has 0 spiro atoms. The van der Waals surface area contributed by atoms with Crippen molar-refractivity contribution in [2.24, 2.45) is 0 Å². The first-order chi connectivity index (χ1) is 7.58. The molecule has 8 nitrogen and oxygen atoms in total. The third kappa shape index (κ3) is 0.932. The van der Waals surface area contributed by atoms with Crippen molar-refractivity contribution in [3.8, 4) is 17.2 Å². The molecule has 1 atom stereocenters. The van der Waals surface area contributed by atoms with Gasteiger partial charge in [-0.1, -0.05) is 0 Å². The van der Waals surface area contributed by atoms with Gasteiger partial charge in [0.15, 0.2) is 17.2 Å². The van der Waals surface area contributed by atoms with Gasteiger partial charge in [-0.05, 0) is 0 Å². The van der Waals surface area contributed by atoms with Crippen LogP contribution in [-0.2, 0) is 0 Å². The standard InChI is InChI=1S/C8H6N2O6/c11-3-1-5(15-7(13)9-1)4(12)2-6(3)16-8(14)10-2/h7,9,11-13H,(H,10,14). The molecule has 0 saturated heterocycles. The molecule has 2 heterocycles. The van der Waals surface area contributed by atoms with Crippen molar-refractivity contribution in [2.45, 2.75) is 6.41 Å². The van der Waals surface area contributed by atoms with Crippen LogP contribution in [0.3, 0.4) is 0 Å². The van der Waals surface area contributed by atoms with E-state index in [9.17, 15) is 15.0 Å². The third-order valence-electron chi connectivity index (χ3n) is 2.28. The molecule has 1 aromatic carbocycles. The molecule has 16 heavy (non-hydrogen) atoms. The van der Waals surface area contributed by atoms with Crippen molar-refractivity contribution in [3.05, 3.63) is 10.6 Å². The molecule has 2 aromatic rings. The number of nitrogens with one attached hydrogen (secondary N) is 2. The third-order valence-corrected chi connectivity index (χ3v) is 2.28. The largest absolute Gasteiger partial charge is 0.503 e. The molecule has 84 valence electrons. The number of hydrogen-bond acceptors (Lipinski definition) is 7. The zero-order valence-electron chi connectivity index (χ0n) is 7.64. The Morgan fingerprint density at radius 1 is 1.25 bits per heavy atom. The normalized spacial score (nSPS) is 18.2. The van der Waals surface area contributed by atoms with Crippen molar-refractivity contribution >= 4 is 16.8 Å². The lowest BCUT2D eigenvalue weighted by atomic mass is 10.2. The topological polar surface area (TPSA) is 128 Å². The Labute approximate surface area is 86.7 Å². The van der Waals surface area contributed by atoms with Gasteiger partial charge in [-0.15, -0.1) is 0 Å². The van der Waals surface area contributed by atoms with E-state index in [1.807, 2.05) is 0 Å². The van der Waals surface area contributed by atoms with Gasteiger partial charge < -0.3 is 29.8 Å². The number of phenols is 2. The lowest BCUT2D eigenvalue weighted by Gasteiger charge is -2.02. The number of ether oxygens (including phenoxy) is 1. The van der Waals surface area contributed by atoms with Gasteiger partial charge in [0.2, 0.25) is 5.58 Å². The van der Waals surface area contributed by atoms with E-state index in [4.69, 9.17) is 9.84 Å². The summed E-state index contributed by atoms with van der Waals surface area (Å²) in [7, 11) is 0. The number of aromatic amines is 1. The van der Waals surface area contributed by atoms with E-state index in [1.165, 1.54) is 0 Å². The highest BCUT2D eigenvalue weighted by atomic mass is 16.6. The second-order valence-electron chi connectivity index (χ2n) is 3.23. The minimum atomic E-state index is -1.37. The predicted octanol–water partition coefficient (Wildman–Crippen LogP) is -0.388. The van der Waals surface area contributed by atoms with E-state index < -0.39 is 23.7 Å². The van der Waals surface area contributed by atoms with Crippen molar-refractivity contribution in [1.82, 2.24) is 4.98 Å². The first-order valence-corrected chi connectivity index (χ1v) is 4.30. The molecule has 0 saturated carbocycles. The summed E-state index contributed by atoms with van der Waals surface area (Å²) in [6.07, 6.45) is -1.37. The summed E-state index contributed by atoms with van der Waals surface area (Å²) in [4.78, 5) is 13.1. The number of fused-ring (bicyclic) bond motifs is 2. The average molecular weight is 226 g/mol. The number of aromatic hydroxyl groups is 2. The highest BCUT2D eigenvalue weighted by Gasteiger charge is 2.31. The van der Waals surface area contributed by atoms with Crippen LogP contribution in [0.1, 0.15) is 0 Å². The van der Waals surface area contributed by atoms with E-state index in [1.54, 1.807) is 0 Å². The fraction of sp³-hybridized carbons (Fsp3) is 0.125. The monoisotopic (exact) mass is 226 g/mol. The van der Waals surface area contributed by atoms with Crippen molar-refractivity contribution < 1.29 is 24.5 Å². The average Bonchev–Trinajstić information content (AvgIpc) is 2.78. The summed E-state index contributed by atoms with van der Waals surface area (Å²) in [6.45, 7) is 0. The van der Waals surface area contributed by atoms with Crippen LogP contribution >= 0.6 is 0 Å². The summed E-state index contributed by atoms with van der Waals surface area (Å²) >= 11 is 0. The number of rotatable bonds is 0. The summed E-state index contributed by atoms with van der Waals surface area (Å²) in [5.74, 6) is -1.80. The smallest absolute Gasteiger partial charge is 0.417 e. The highest BCUT2D eigenvalue weighted by Crippen LogP contribution is 2.50. The van der Waals surface area contributed by atoms with Crippen molar-refractivity contribution in [3.63, 3.8) is 0 Å². The number of aliphatic hydroxyl groups excluding tert-OH is 1. The summed E-state index contributed by atoms with van der Waals surface area (Å²) < 4.78 is 9.45. The maximum atomic E-state index is 10.9. The van der Waals surface area contributed by atoms with E-state index in [0.717, 1.165) is 0 Å². The molecule has 3 rings (SSSR count). The predicted molar refractivity (Wildman–Crippen MR) is 50.4 cm³/mol. The van der Waals surface area contributed by atoms with Crippen LogP contribution in [-0.4, -0.2) is 26.7 Å². The van der Waals surface area contributed by atoms with Gasteiger partial charge in [0, 0.05) is 0 Å². The molecular weight excluding hydrogens is 220 g/mol. The van der Waals surface area contributed by atoms with Crippen molar-refractivity contribution in [2.75, 3.05) is 5.32 Å². The SMILES string of the molecule is O=c1[nH]c2c(O)c3c(c(O)c2o1)NC(O)O3. The first kappa shape index (κ1) is 8.92. The number of aliphatic hydroxyl groups is 1. The molecule has 0 radical (unpaired) electrons. The first-order valence-electron chi connectivity index (χ1n) is 4.30. The molecular formula is C8H6N2O6. The van der Waals surface area contributed by atoms with Crippen LogP contribution in [0.4, 0.5) is 5.69 Å². The number of oxazole rings is 1. The number of H-pyrrole nitrogens is 1. The van der Waals surface area contributed by atoms with Crippen LogP contribution in [0.15, 0.2) is 9.21 Å². The van der Waals surface area contributed by atoms with Crippen LogP contribution in [0.25, 0.3) is 11.1 Å². The maximum Gasteiger partial charge on any atom is 0.417 e. The van der Waals surface area contributed by atoms with E-state index >= 15 is 0 Å². The van der Waals surface area contributed by atoms with Gasteiger partial charge in [-0.3, -0.25) is 4.98 Å². The Balaban J connectivity index is 2.46. The summed E-state index contributed by atoms with van der Waals surface area (Å²) in [6, 6.07) is 0. The number of benzene rings is 1. The fourth-order valence-corrected chi connectivity index (χ4v) is 1.63. The molecule has 0 amide bonds. The van der Waals surface area contributed by atoms with Crippen LogP contribution in [0.5, 0.6) is 17.2 Å². The molecule has 1 aliphatic heterocycles. The van der Waals surface area contributed by atoms with Gasteiger partial charge in [0.1, 0.15) is 11.2 Å². The minimum Gasteiger partial charge on any atom is -0.503 e. The number of aromatic nitrogens is 1. The summed E-state index contributed by atoms with van der Waals surface area (Å²) in [5.41, 5.74) is -0.316. The molecule has 1 aliphatic rings. The minimum absolute atomic E-state index is 0.0275. The molecule has 1 unspecified atom stereocenters. The lowest BCUT2D eigenvalue weighted by Crippen LogP contribution is -2.18. The molecule has 5 N–H and O–H groups in total. The number of phenolic OH excluding ortho intramolecular Hbond substituents is 2. The Kier molecular flexibility index (Phi) is 1.45. The van der Waals surface area contributed by atoms with E-state index in [2.05, 4.69) is 14.7 Å². The van der Waals surface area contributed by atoms with Gasteiger partial charge >= 0.3 is 5.76 Å². The summed E-state index contributed by atoms with van der Waals surface area (Å²) in [5, 5.41) is 30.9. The molecule has 0 aliphatic carbocycles. The number of hydrogen-bond donors (Lipinski definition) is 5. The zero-order chi connectivity index (χ0) is 11.4. The Bertz CT molecular complexity index is 590. The second-order valence-corrected chi connectivity index (χ2v) is 3.23. The quantitative estimate of drug-likeness (QED) is 0.305. The van der Waals surface area contributed by atoms with Gasteiger partial charge in [0.05, 0.1) is 0 Å². The Morgan fingerprint density at radius 2 is 2.00 bits per heavy atom. The van der Waals surface area contributed by atoms with E-state index in [-0.39, 0.29) is 22.5 Å². The van der Waals surface area contributed by atoms with Crippen LogP contribution < -0.4 is 15.8 Å². The zero-order valence-corrected chi connectivity index (χ0v) is 7.64. The second kappa shape index (κ2) is 2.61. The molecule has 8 heteroatoms. The van der Waals surface area contributed by atoms with E-state index in [0.29, 0.717) is 0 Å². The molecule has 0 fully saturated rings. The Hall–Kier alpha value is -2.35. The maximum absolute atomic E-state index is 10.9. The number of anilines is 1. The van der Waals surface area contributed by atoms with Crippen LogP contribution in [0, 0.1) is 0 Å². The van der Waals surface area contributed by atoms with Gasteiger partial charge in [-0.2, -0.15) is 0 Å². The molecule has 0 bridgehead atoms. The lowest BCUT2D eigenvalue weighted by molar-refractivity contribution is 0.0196. The van der Waals surface area contributed by atoms with Crippen LogP contribution in [0.2, 0.25) is 0 Å². The highest BCUT2D eigenvalue weighted by molar-refractivity contribution is 5.96. The van der Waals surface area contributed by atoms with Crippen molar-refractivity contribution in [1.29, 1.82) is 0 Å².